The van der Waals surface area contributed by atoms with Crippen LogP contribution in [0, 0.1) is 0 Å². The van der Waals surface area contributed by atoms with Crippen molar-refractivity contribution in [2.45, 2.75) is 13.3 Å². The molecule has 2 N–H and O–H groups in total. The van der Waals surface area contributed by atoms with Crippen LogP contribution in [0.1, 0.15) is 5.56 Å². The molecule has 1 aromatic heterocycles. The lowest BCUT2D eigenvalue weighted by molar-refractivity contribution is 0.0609. The van der Waals surface area contributed by atoms with E-state index in [9.17, 15) is 9.59 Å². The maximum Gasteiger partial charge on any atom is 0.330 e. The first-order valence-corrected chi connectivity index (χ1v) is 7.50. The summed E-state index contributed by atoms with van der Waals surface area (Å²) in [6.45, 7) is 0.432. The van der Waals surface area contributed by atoms with Crippen LogP contribution in [-0.4, -0.2) is 9.55 Å². The zero-order valence-electron chi connectivity index (χ0n) is 12.9. The van der Waals surface area contributed by atoms with E-state index in [1.54, 1.807) is 0 Å². The number of para-hydroxylation sites is 1. The third-order valence-electron chi connectivity index (χ3n) is 3.41. The average molecular weight is 323 g/mol. The van der Waals surface area contributed by atoms with Crippen LogP contribution >= 0.6 is 0 Å². The average Bonchev–Trinajstić information content (AvgIpc) is 2.60. The van der Waals surface area contributed by atoms with Crippen LogP contribution in [0.4, 0.5) is 11.4 Å². The smallest absolute Gasteiger partial charge is 0.330 e. The van der Waals surface area contributed by atoms with Crippen LogP contribution in [0.25, 0.3) is 0 Å². The molecule has 0 spiro atoms. The number of nitrogens with zero attached hydrogens (tertiary/aromatic N) is 1. The number of benzene rings is 2. The standard InChI is InChI=1S/C18H17N3O3/c22-17-16(19-15-9-5-2-6-10-15)11-21(18(23)20-17)13-24-12-14-7-3-1-4-8-14/h1-11,19H,12-13H2,(H,20,22,23). The number of hydrogen-bond donors (Lipinski definition) is 2. The van der Waals surface area contributed by atoms with Crippen molar-refractivity contribution >= 4 is 11.4 Å². The van der Waals surface area contributed by atoms with Gasteiger partial charge in [-0.15, -0.1) is 0 Å². The number of nitrogens with one attached hydrogen (secondary N) is 2. The number of ether oxygens (including phenoxy) is 1. The molecule has 0 aliphatic rings. The molecule has 3 rings (SSSR count). The lowest BCUT2D eigenvalue weighted by atomic mass is 10.2. The molecule has 0 saturated heterocycles. The molecule has 1 heterocycles. The minimum atomic E-state index is -0.508. The number of hydrogen-bond acceptors (Lipinski definition) is 4. The van der Waals surface area contributed by atoms with Gasteiger partial charge in [-0.3, -0.25) is 14.3 Å². The number of aromatic nitrogens is 2. The lowest BCUT2D eigenvalue weighted by Gasteiger charge is -2.10. The van der Waals surface area contributed by atoms with E-state index in [-0.39, 0.29) is 12.4 Å². The van der Waals surface area contributed by atoms with Crippen LogP contribution < -0.4 is 16.6 Å². The van der Waals surface area contributed by atoms with Crippen LogP contribution in [0.2, 0.25) is 0 Å². The quantitative estimate of drug-likeness (QED) is 0.730. The highest BCUT2D eigenvalue weighted by molar-refractivity contribution is 5.57. The molecular weight excluding hydrogens is 306 g/mol. The fourth-order valence-corrected chi connectivity index (χ4v) is 2.21. The molecule has 122 valence electrons. The van der Waals surface area contributed by atoms with Gasteiger partial charge >= 0.3 is 5.69 Å². The zero-order valence-corrected chi connectivity index (χ0v) is 12.9. The zero-order chi connectivity index (χ0) is 16.8. The Balaban J connectivity index is 1.72. The number of rotatable bonds is 6. The van der Waals surface area contributed by atoms with E-state index in [4.69, 9.17) is 4.74 Å². The summed E-state index contributed by atoms with van der Waals surface area (Å²) in [5.41, 5.74) is 1.08. The van der Waals surface area contributed by atoms with Gasteiger partial charge in [0.05, 0.1) is 6.61 Å². The van der Waals surface area contributed by atoms with E-state index < -0.39 is 11.2 Å². The highest BCUT2D eigenvalue weighted by atomic mass is 16.5. The van der Waals surface area contributed by atoms with Crippen molar-refractivity contribution in [2.24, 2.45) is 0 Å². The molecule has 0 aliphatic heterocycles. The molecule has 0 unspecified atom stereocenters. The molecule has 2 aromatic carbocycles. The monoisotopic (exact) mass is 323 g/mol. The minimum absolute atomic E-state index is 0.0496. The molecule has 0 amide bonds. The van der Waals surface area contributed by atoms with Crippen molar-refractivity contribution in [3.05, 3.63) is 93.3 Å². The van der Waals surface area contributed by atoms with E-state index in [1.807, 2.05) is 60.7 Å². The molecular formula is C18H17N3O3. The van der Waals surface area contributed by atoms with Gasteiger partial charge in [-0.2, -0.15) is 0 Å². The van der Waals surface area contributed by atoms with E-state index in [1.165, 1.54) is 10.8 Å². The van der Waals surface area contributed by atoms with Crippen LogP contribution in [0.3, 0.4) is 0 Å². The lowest BCUT2D eigenvalue weighted by Crippen LogP contribution is -2.31. The number of H-pyrrole nitrogens is 1. The summed E-state index contributed by atoms with van der Waals surface area (Å²) >= 11 is 0. The van der Waals surface area contributed by atoms with Gasteiger partial charge in [0, 0.05) is 11.9 Å². The van der Waals surface area contributed by atoms with Crippen molar-refractivity contribution in [2.75, 3.05) is 5.32 Å². The van der Waals surface area contributed by atoms with Gasteiger partial charge in [0.2, 0.25) is 0 Å². The summed E-state index contributed by atoms with van der Waals surface area (Å²) in [6, 6.07) is 18.9. The predicted molar refractivity (Wildman–Crippen MR) is 92.3 cm³/mol. The first-order chi connectivity index (χ1) is 11.7. The largest absolute Gasteiger partial charge is 0.356 e. The van der Waals surface area contributed by atoms with Crippen molar-refractivity contribution < 1.29 is 4.74 Å². The Bertz CT molecular complexity index is 902. The Hall–Kier alpha value is -3.12. The number of anilines is 2. The predicted octanol–water partition coefficient (Wildman–Crippen LogP) is 2.45. The molecule has 0 bridgehead atoms. The van der Waals surface area contributed by atoms with Gasteiger partial charge in [0.15, 0.2) is 0 Å². The summed E-state index contributed by atoms with van der Waals surface area (Å²) in [6.07, 6.45) is 1.46. The summed E-state index contributed by atoms with van der Waals surface area (Å²) in [5.74, 6) is 0. The minimum Gasteiger partial charge on any atom is -0.356 e. The van der Waals surface area contributed by atoms with Gasteiger partial charge in [-0.25, -0.2) is 4.79 Å². The van der Waals surface area contributed by atoms with Gasteiger partial charge < -0.3 is 10.1 Å². The maximum atomic E-state index is 11.9. The maximum absolute atomic E-state index is 11.9. The van der Waals surface area contributed by atoms with Crippen LogP contribution in [-0.2, 0) is 18.1 Å². The second kappa shape index (κ2) is 7.43. The third kappa shape index (κ3) is 3.99. The molecule has 24 heavy (non-hydrogen) atoms. The van der Waals surface area contributed by atoms with Gasteiger partial charge in [0.25, 0.3) is 5.56 Å². The highest BCUT2D eigenvalue weighted by Gasteiger charge is 2.05. The second-order valence-electron chi connectivity index (χ2n) is 5.23. The normalized spacial score (nSPS) is 10.5. The van der Waals surface area contributed by atoms with E-state index in [0.717, 1.165) is 11.3 Å². The van der Waals surface area contributed by atoms with Crippen molar-refractivity contribution in [1.82, 2.24) is 9.55 Å². The van der Waals surface area contributed by atoms with Gasteiger partial charge in [0.1, 0.15) is 12.4 Å². The Morgan fingerprint density at radius 2 is 1.62 bits per heavy atom. The van der Waals surface area contributed by atoms with Crippen molar-refractivity contribution in [1.29, 1.82) is 0 Å². The van der Waals surface area contributed by atoms with Crippen LogP contribution in [0.15, 0.2) is 76.4 Å². The summed E-state index contributed by atoms with van der Waals surface area (Å²) in [7, 11) is 0. The molecule has 0 radical (unpaired) electrons. The topological polar surface area (TPSA) is 76.1 Å². The Labute approximate surface area is 138 Å². The second-order valence-corrected chi connectivity index (χ2v) is 5.23. The Morgan fingerprint density at radius 1 is 0.958 bits per heavy atom. The highest BCUT2D eigenvalue weighted by Crippen LogP contribution is 2.11. The van der Waals surface area contributed by atoms with Crippen molar-refractivity contribution in [3.8, 4) is 0 Å². The summed E-state index contributed by atoms with van der Waals surface area (Å²) < 4.78 is 6.86. The van der Waals surface area contributed by atoms with E-state index in [2.05, 4.69) is 10.3 Å². The van der Waals surface area contributed by atoms with Crippen LogP contribution in [0.5, 0.6) is 0 Å². The summed E-state index contributed by atoms with van der Waals surface area (Å²) in [5, 5.41) is 2.99. The molecule has 0 atom stereocenters. The SMILES string of the molecule is O=c1[nH]c(=O)n(COCc2ccccc2)cc1Nc1ccccc1. The Kier molecular flexibility index (Phi) is 4.88. The molecule has 0 saturated carbocycles. The van der Waals surface area contributed by atoms with Gasteiger partial charge in [-0.1, -0.05) is 48.5 Å². The van der Waals surface area contributed by atoms with E-state index >= 15 is 0 Å². The van der Waals surface area contributed by atoms with Gasteiger partial charge in [-0.05, 0) is 17.7 Å². The molecule has 0 aliphatic carbocycles. The molecule has 6 heteroatoms. The molecule has 3 aromatic rings. The Morgan fingerprint density at radius 3 is 2.33 bits per heavy atom. The first-order valence-electron chi connectivity index (χ1n) is 7.50. The summed E-state index contributed by atoms with van der Waals surface area (Å²) in [4.78, 5) is 26.1. The molecule has 0 fully saturated rings. The van der Waals surface area contributed by atoms with E-state index in [0.29, 0.717) is 6.61 Å². The fourth-order valence-electron chi connectivity index (χ4n) is 2.21. The third-order valence-corrected chi connectivity index (χ3v) is 3.41. The first kappa shape index (κ1) is 15.8. The molecule has 6 nitrogen and oxygen atoms in total. The van der Waals surface area contributed by atoms with Crippen molar-refractivity contribution in [3.63, 3.8) is 0 Å². The fraction of sp³-hybridized carbons (Fsp3) is 0.111. The number of aromatic amines is 1.